The average Bonchev–Trinajstić information content (AvgIpc) is 3.60. The van der Waals surface area contributed by atoms with E-state index in [0.29, 0.717) is 41.4 Å². The molecule has 0 unspecified atom stereocenters. The Morgan fingerprint density at radius 3 is 2.50 bits per heavy atom. The van der Waals surface area contributed by atoms with E-state index in [2.05, 4.69) is 47.1 Å². The first-order chi connectivity index (χ1) is 18.7. The first-order valence-electron chi connectivity index (χ1n) is 14.4. The molecule has 9 nitrogen and oxygen atoms in total. The Labute approximate surface area is 224 Å². The van der Waals surface area contributed by atoms with Crippen LogP contribution in [0.15, 0.2) is 36.8 Å². The number of rotatable bonds is 10. The van der Waals surface area contributed by atoms with Gasteiger partial charge < -0.3 is 10.6 Å². The van der Waals surface area contributed by atoms with Crippen LogP contribution in [-0.4, -0.2) is 42.2 Å². The van der Waals surface area contributed by atoms with E-state index in [9.17, 15) is 4.79 Å². The third-order valence-electron chi connectivity index (χ3n) is 8.83. The topological polar surface area (TPSA) is 121 Å². The van der Waals surface area contributed by atoms with E-state index in [-0.39, 0.29) is 0 Å². The zero-order valence-corrected chi connectivity index (χ0v) is 22.0. The van der Waals surface area contributed by atoms with Crippen molar-refractivity contribution in [2.24, 2.45) is 11.8 Å². The predicted molar refractivity (Wildman–Crippen MR) is 146 cm³/mol. The highest BCUT2D eigenvalue weighted by atomic mass is 16.1. The average molecular weight is 515 g/mol. The van der Waals surface area contributed by atoms with Gasteiger partial charge in [0.1, 0.15) is 11.6 Å². The van der Waals surface area contributed by atoms with Gasteiger partial charge in [-0.3, -0.25) is 9.89 Å². The van der Waals surface area contributed by atoms with Gasteiger partial charge in [0.25, 0.3) is 0 Å². The van der Waals surface area contributed by atoms with Crippen LogP contribution in [0.25, 0.3) is 0 Å². The van der Waals surface area contributed by atoms with Crippen LogP contribution in [-0.2, 0) is 4.79 Å². The van der Waals surface area contributed by atoms with Crippen molar-refractivity contribution >= 4 is 23.4 Å². The van der Waals surface area contributed by atoms with E-state index >= 15 is 0 Å². The molecule has 0 atom stereocenters. The standard InChI is InChI=1S/C29H38N8O/c38-25(16-20-13-23(14-20)22-9-12-31-32-18-22)15-19-5-7-24(8-6-19)33-29-30-11-10-27(35-29)34-28-17-26(36-37-28)21-3-1-2-4-21/h9-12,17-21,23-24H,1-8,13-16H2,(H3,30,33,34,35,36,37). The second kappa shape index (κ2) is 11.6. The van der Waals surface area contributed by atoms with Crippen molar-refractivity contribution in [1.29, 1.82) is 0 Å². The smallest absolute Gasteiger partial charge is 0.224 e. The van der Waals surface area contributed by atoms with Gasteiger partial charge in [0, 0.05) is 49.0 Å². The van der Waals surface area contributed by atoms with E-state index in [1.54, 1.807) is 12.4 Å². The highest BCUT2D eigenvalue weighted by Crippen LogP contribution is 2.43. The van der Waals surface area contributed by atoms with Crippen molar-refractivity contribution in [3.8, 4) is 0 Å². The molecule has 0 amide bonds. The lowest BCUT2D eigenvalue weighted by Crippen LogP contribution is -2.29. The molecule has 3 heterocycles. The molecule has 0 bridgehead atoms. The quantitative estimate of drug-likeness (QED) is 0.305. The van der Waals surface area contributed by atoms with Crippen LogP contribution in [0.3, 0.4) is 0 Å². The SMILES string of the molecule is O=C(CC1CCC(Nc2nccc(Nc3cc(C4CCCC4)[nH]n3)n2)CC1)CC1CC(c2ccnnc2)C1. The van der Waals surface area contributed by atoms with Gasteiger partial charge in [-0.15, -0.1) is 0 Å². The number of ketones is 1. The number of carbonyl (C=O) groups excluding carboxylic acids is 1. The van der Waals surface area contributed by atoms with E-state index < -0.39 is 0 Å². The molecule has 0 radical (unpaired) electrons. The number of Topliss-reactive ketones (excluding diaryl/α,β-unsaturated/α-hetero) is 1. The van der Waals surface area contributed by atoms with Gasteiger partial charge in [-0.05, 0) is 86.8 Å². The fourth-order valence-corrected chi connectivity index (χ4v) is 6.61. The van der Waals surface area contributed by atoms with Crippen LogP contribution < -0.4 is 10.6 Å². The van der Waals surface area contributed by atoms with Crippen LogP contribution in [0, 0.1) is 11.8 Å². The summed E-state index contributed by atoms with van der Waals surface area (Å²) in [5.74, 6) is 4.81. The van der Waals surface area contributed by atoms with Crippen molar-refractivity contribution in [3.05, 3.63) is 48.0 Å². The minimum absolute atomic E-state index is 0.345. The monoisotopic (exact) mass is 514 g/mol. The number of hydrogen-bond acceptors (Lipinski definition) is 8. The Kier molecular flexibility index (Phi) is 7.60. The molecule has 3 aromatic heterocycles. The first-order valence-corrected chi connectivity index (χ1v) is 14.4. The summed E-state index contributed by atoms with van der Waals surface area (Å²) in [7, 11) is 0. The molecule has 3 aliphatic rings. The minimum atomic E-state index is 0.345. The summed E-state index contributed by atoms with van der Waals surface area (Å²) >= 11 is 0. The van der Waals surface area contributed by atoms with Crippen molar-refractivity contribution in [2.75, 3.05) is 10.6 Å². The highest BCUT2D eigenvalue weighted by molar-refractivity contribution is 5.79. The van der Waals surface area contributed by atoms with Crippen LogP contribution >= 0.6 is 0 Å². The molecule has 3 fully saturated rings. The lowest BCUT2D eigenvalue weighted by atomic mass is 9.69. The largest absolute Gasteiger partial charge is 0.351 e. The third kappa shape index (κ3) is 6.19. The normalized spacial score (nSPS) is 25.6. The van der Waals surface area contributed by atoms with Gasteiger partial charge in [0.2, 0.25) is 5.95 Å². The van der Waals surface area contributed by atoms with Gasteiger partial charge in [-0.1, -0.05) is 12.8 Å². The fraction of sp³-hybridized carbons (Fsp3) is 0.586. The maximum atomic E-state index is 12.7. The van der Waals surface area contributed by atoms with Crippen molar-refractivity contribution < 1.29 is 4.79 Å². The zero-order valence-electron chi connectivity index (χ0n) is 22.0. The molecule has 9 heteroatoms. The molecule has 0 aromatic carbocycles. The maximum absolute atomic E-state index is 12.7. The molecule has 0 saturated heterocycles. The Morgan fingerprint density at radius 2 is 1.71 bits per heavy atom. The molecule has 6 rings (SSSR count). The maximum Gasteiger partial charge on any atom is 0.224 e. The number of carbonyl (C=O) groups is 1. The third-order valence-corrected chi connectivity index (χ3v) is 8.83. The second-order valence-corrected chi connectivity index (χ2v) is 11.6. The number of aromatic amines is 1. The number of nitrogens with one attached hydrogen (secondary N) is 3. The molecule has 3 aromatic rings. The van der Waals surface area contributed by atoms with Crippen LogP contribution in [0.4, 0.5) is 17.6 Å². The van der Waals surface area contributed by atoms with E-state index in [4.69, 9.17) is 0 Å². The van der Waals surface area contributed by atoms with Crippen molar-refractivity contribution in [2.45, 2.75) is 94.9 Å². The molecule has 3 N–H and O–H groups in total. The number of H-pyrrole nitrogens is 1. The molecule has 3 aliphatic carbocycles. The summed E-state index contributed by atoms with van der Waals surface area (Å²) in [5, 5.41) is 22.3. The summed E-state index contributed by atoms with van der Waals surface area (Å²) in [6, 6.07) is 6.37. The second-order valence-electron chi connectivity index (χ2n) is 11.6. The number of aromatic nitrogens is 6. The first kappa shape index (κ1) is 24.9. The summed E-state index contributed by atoms with van der Waals surface area (Å²) in [5.41, 5.74) is 2.47. The lowest BCUT2D eigenvalue weighted by Gasteiger charge is -2.35. The van der Waals surface area contributed by atoms with Crippen LogP contribution in [0.1, 0.15) is 100 Å². The Morgan fingerprint density at radius 1 is 0.895 bits per heavy atom. The molecule has 0 aliphatic heterocycles. The zero-order chi connectivity index (χ0) is 25.7. The Bertz CT molecular complexity index is 1190. The Hall–Kier alpha value is -3.36. The summed E-state index contributed by atoms with van der Waals surface area (Å²) < 4.78 is 0. The fourth-order valence-electron chi connectivity index (χ4n) is 6.61. The number of nitrogens with zero attached hydrogens (tertiary/aromatic N) is 5. The van der Waals surface area contributed by atoms with E-state index in [1.807, 2.05) is 18.3 Å². The van der Waals surface area contributed by atoms with Gasteiger partial charge in [-0.25, -0.2) is 4.98 Å². The van der Waals surface area contributed by atoms with Gasteiger partial charge in [0.15, 0.2) is 5.82 Å². The molecule has 200 valence electrons. The summed E-state index contributed by atoms with van der Waals surface area (Å²) in [4.78, 5) is 21.8. The van der Waals surface area contributed by atoms with Gasteiger partial charge in [-0.2, -0.15) is 20.3 Å². The van der Waals surface area contributed by atoms with Crippen molar-refractivity contribution in [1.82, 2.24) is 30.4 Å². The summed E-state index contributed by atoms with van der Waals surface area (Å²) in [6.45, 7) is 0. The lowest BCUT2D eigenvalue weighted by molar-refractivity contribution is -0.121. The molecule has 0 spiro atoms. The number of anilines is 3. The molecular weight excluding hydrogens is 476 g/mol. The Balaban J connectivity index is 0.917. The van der Waals surface area contributed by atoms with Gasteiger partial charge >= 0.3 is 0 Å². The van der Waals surface area contributed by atoms with Crippen molar-refractivity contribution in [3.63, 3.8) is 0 Å². The van der Waals surface area contributed by atoms with Gasteiger partial charge in [0.05, 0.1) is 6.20 Å². The molecule has 38 heavy (non-hydrogen) atoms. The number of hydrogen-bond donors (Lipinski definition) is 3. The van der Waals surface area contributed by atoms with Crippen LogP contribution in [0.2, 0.25) is 0 Å². The summed E-state index contributed by atoms with van der Waals surface area (Å²) in [6.07, 6.45) is 18.4. The van der Waals surface area contributed by atoms with E-state index in [0.717, 1.165) is 63.0 Å². The van der Waals surface area contributed by atoms with Crippen LogP contribution in [0.5, 0.6) is 0 Å². The van der Waals surface area contributed by atoms with E-state index in [1.165, 1.54) is 36.9 Å². The molecule has 3 saturated carbocycles. The molecular formula is C29H38N8O. The minimum Gasteiger partial charge on any atom is -0.351 e. The highest BCUT2D eigenvalue weighted by Gasteiger charge is 2.33. The predicted octanol–water partition coefficient (Wildman–Crippen LogP) is 5.90.